The van der Waals surface area contributed by atoms with Gasteiger partial charge in [-0.05, 0) is 68.8 Å². The van der Waals surface area contributed by atoms with Crippen LogP contribution in [0.5, 0.6) is 11.8 Å². The molecule has 9 rings (SSSR count). The first-order valence-electron chi connectivity index (χ1n) is 18.0. The summed E-state index contributed by atoms with van der Waals surface area (Å²) in [4.78, 5) is 16.6. The molecule has 0 amide bonds. The number of aromatic nitrogens is 2. The Morgan fingerprint density at radius 2 is 1.90 bits per heavy atom. The molecular formula is C40H40F3N5O4. The van der Waals surface area contributed by atoms with Crippen molar-refractivity contribution in [3.63, 3.8) is 0 Å². The van der Waals surface area contributed by atoms with Crippen LogP contribution in [0.25, 0.3) is 43.8 Å². The van der Waals surface area contributed by atoms with Gasteiger partial charge < -0.3 is 23.9 Å². The maximum absolute atomic E-state index is 17.7. The number of furan rings is 1. The Morgan fingerprint density at radius 1 is 1.10 bits per heavy atom. The minimum atomic E-state index is -0.936. The summed E-state index contributed by atoms with van der Waals surface area (Å²) in [5.41, 5.74) is -0.134. The highest BCUT2D eigenvalue weighted by Crippen LogP contribution is 2.47. The van der Waals surface area contributed by atoms with Gasteiger partial charge in [0, 0.05) is 68.1 Å². The molecule has 0 saturated carbocycles. The summed E-state index contributed by atoms with van der Waals surface area (Å²) in [7, 11) is 1.71. The molecule has 4 fully saturated rings. The van der Waals surface area contributed by atoms with Gasteiger partial charge in [-0.3, -0.25) is 9.80 Å². The third-order valence-corrected chi connectivity index (χ3v) is 11.8. The zero-order chi connectivity index (χ0) is 35.9. The Kier molecular flexibility index (Phi) is 8.02. The number of piperazine rings is 1. The Bertz CT molecular complexity index is 2280. The van der Waals surface area contributed by atoms with Crippen LogP contribution in [0.2, 0.25) is 0 Å². The second-order valence-electron chi connectivity index (χ2n) is 14.9. The van der Waals surface area contributed by atoms with Crippen LogP contribution in [0, 0.1) is 30.9 Å². The number of terminal acetylenes is 1. The molecule has 6 heterocycles. The fraction of sp³-hybridized carbons (Fsp3) is 0.450. The molecule has 12 heteroatoms. The number of methoxy groups -OCH3 is 1. The summed E-state index contributed by atoms with van der Waals surface area (Å²) in [6.07, 6.45) is 9.04. The van der Waals surface area contributed by atoms with E-state index >= 15 is 8.78 Å². The molecule has 2 bridgehead atoms. The molecule has 1 N–H and O–H groups in total. The Balaban J connectivity index is 1.26. The van der Waals surface area contributed by atoms with E-state index in [0.29, 0.717) is 60.4 Å². The number of phenols is 1. The van der Waals surface area contributed by atoms with Crippen molar-refractivity contribution in [2.24, 2.45) is 0 Å². The zero-order valence-corrected chi connectivity index (χ0v) is 29.2. The number of halogens is 3. The standard InChI is InChI=1S/C40H40F3N5O4/c1-4-28-31(42)9-6-23-15-27(49)16-29(32(23)28)33-35(43)36-34(30-14-22(2)52-37(30)33)38(46-19-25-7-8-26(20-46)48(25)12-13-50-3)45-39(44-36)51-21-40-10-5-11-47(40)18-24(41)17-40/h1,6,9,14-16,24-26,49H,5,7-8,10-13,17-21H2,2-3H3/t24-,25-,26+,40+/m1/s1. The van der Waals surface area contributed by atoms with Gasteiger partial charge in [0.15, 0.2) is 5.82 Å². The number of phenolic OH excluding ortho intramolecular Hbond substituents is 1. The van der Waals surface area contributed by atoms with E-state index in [1.807, 2.05) is 6.07 Å². The van der Waals surface area contributed by atoms with E-state index in [9.17, 15) is 9.50 Å². The molecule has 4 aliphatic heterocycles. The SMILES string of the molecule is C#Cc1c(F)ccc2cc(O)cc(-c3c(F)c4nc(OC[C@@]56CCCN5C[C@H](F)C6)nc(N5C[C@H]6CC[C@@H](C5)N6CCOC)c4c4cc(C)oc34)c12. The fourth-order valence-electron chi connectivity index (χ4n) is 9.61. The molecule has 270 valence electrons. The molecule has 0 unspecified atom stereocenters. The van der Waals surface area contributed by atoms with Crippen molar-refractivity contribution in [2.45, 2.75) is 62.8 Å². The van der Waals surface area contributed by atoms with Crippen LogP contribution in [0.1, 0.15) is 43.4 Å². The number of aryl methyl sites for hydroxylation is 1. The zero-order valence-electron chi connectivity index (χ0n) is 29.2. The van der Waals surface area contributed by atoms with Crippen molar-refractivity contribution in [3.05, 3.63) is 53.3 Å². The lowest BCUT2D eigenvalue weighted by molar-refractivity contribution is 0.105. The number of nitrogens with zero attached hydrogens (tertiary/aromatic N) is 5. The van der Waals surface area contributed by atoms with Gasteiger partial charge >= 0.3 is 6.01 Å². The normalized spacial score (nSPS) is 24.8. The van der Waals surface area contributed by atoms with Gasteiger partial charge in [0.05, 0.1) is 28.7 Å². The number of anilines is 1. The topological polar surface area (TPSA) is 87.3 Å². The van der Waals surface area contributed by atoms with E-state index in [1.54, 1.807) is 14.0 Å². The predicted octanol–water partition coefficient (Wildman–Crippen LogP) is 6.72. The van der Waals surface area contributed by atoms with E-state index in [-0.39, 0.29) is 63.6 Å². The van der Waals surface area contributed by atoms with Crippen LogP contribution < -0.4 is 9.64 Å². The summed E-state index contributed by atoms with van der Waals surface area (Å²) < 4.78 is 65.6. The van der Waals surface area contributed by atoms with Gasteiger partial charge in [0.2, 0.25) is 0 Å². The van der Waals surface area contributed by atoms with Crippen molar-refractivity contribution in [1.82, 2.24) is 19.8 Å². The Labute approximate surface area is 299 Å². The third kappa shape index (κ3) is 5.19. The minimum absolute atomic E-state index is 0.000680. The largest absolute Gasteiger partial charge is 0.508 e. The quantitative estimate of drug-likeness (QED) is 0.176. The van der Waals surface area contributed by atoms with Crippen molar-refractivity contribution >= 4 is 38.5 Å². The molecule has 5 aromatic rings. The van der Waals surface area contributed by atoms with E-state index in [1.165, 1.54) is 24.3 Å². The molecule has 4 saturated heterocycles. The molecule has 52 heavy (non-hydrogen) atoms. The maximum Gasteiger partial charge on any atom is 0.319 e. The third-order valence-electron chi connectivity index (χ3n) is 11.8. The summed E-state index contributed by atoms with van der Waals surface area (Å²) in [6, 6.07) is 7.93. The predicted molar refractivity (Wildman–Crippen MR) is 193 cm³/mol. The summed E-state index contributed by atoms with van der Waals surface area (Å²) in [5, 5.41) is 12.6. The molecule has 0 spiro atoms. The van der Waals surface area contributed by atoms with Crippen LogP contribution in [0.15, 0.2) is 34.7 Å². The number of fused-ring (bicyclic) bond motifs is 7. The molecule has 2 aromatic heterocycles. The first kappa shape index (κ1) is 33.3. The molecule has 0 radical (unpaired) electrons. The lowest BCUT2D eigenvalue weighted by Gasteiger charge is -2.41. The first-order valence-corrected chi connectivity index (χ1v) is 18.0. The van der Waals surface area contributed by atoms with Crippen LogP contribution >= 0.6 is 0 Å². The molecular weight excluding hydrogens is 671 g/mol. The maximum atomic E-state index is 17.7. The number of hydrogen-bond acceptors (Lipinski definition) is 9. The van der Waals surface area contributed by atoms with Crippen LogP contribution in [0.3, 0.4) is 0 Å². The first-order chi connectivity index (χ1) is 25.2. The van der Waals surface area contributed by atoms with Gasteiger partial charge in [0.1, 0.15) is 47.0 Å². The fourth-order valence-corrected chi connectivity index (χ4v) is 9.61. The Hall–Kier alpha value is -4.57. The van der Waals surface area contributed by atoms with Gasteiger partial charge in [0.25, 0.3) is 0 Å². The number of rotatable bonds is 8. The smallest absolute Gasteiger partial charge is 0.319 e. The average Bonchev–Trinajstić information content (AvgIpc) is 3.84. The number of benzene rings is 3. The van der Waals surface area contributed by atoms with Crippen molar-refractivity contribution in [2.75, 3.05) is 57.9 Å². The van der Waals surface area contributed by atoms with Crippen LogP contribution in [-0.2, 0) is 4.74 Å². The van der Waals surface area contributed by atoms with Crippen LogP contribution in [-0.4, -0.2) is 102 Å². The summed E-state index contributed by atoms with van der Waals surface area (Å²) in [5.74, 6) is 1.96. The van der Waals surface area contributed by atoms with E-state index in [4.69, 9.17) is 30.3 Å². The number of alkyl halides is 1. The van der Waals surface area contributed by atoms with Crippen molar-refractivity contribution in [3.8, 4) is 35.2 Å². The van der Waals surface area contributed by atoms with Gasteiger partial charge in [-0.15, -0.1) is 6.42 Å². The molecule has 4 aliphatic rings. The highest BCUT2D eigenvalue weighted by molar-refractivity contribution is 6.18. The van der Waals surface area contributed by atoms with E-state index in [0.717, 1.165) is 38.8 Å². The summed E-state index contributed by atoms with van der Waals surface area (Å²) in [6.45, 7) is 5.92. The van der Waals surface area contributed by atoms with Crippen molar-refractivity contribution < 1.29 is 32.2 Å². The van der Waals surface area contributed by atoms with Crippen LogP contribution in [0.4, 0.5) is 19.0 Å². The summed E-state index contributed by atoms with van der Waals surface area (Å²) >= 11 is 0. The number of aromatic hydroxyl groups is 1. The number of ether oxygens (including phenoxy) is 2. The minimum Gasteiger partial charge on any atom is -0.508 e. The lowest BCUT2D eigenvalue weighted by atomic mass is 9.91. The number of hydrogen-bond donors (Lipinski definition) is 1. The van der Waals surface area contributed by atoms with Crippen molar-refractivity contribution in [1.29, 1.82) is 0 Å². The van der Waals surface area contributed by atoms with Gasteiger partial charge in [-0.1, -0.05) is 12.0 Å². The highest BCUT2D eigenvalue weighted by atomic mass is 19.1. The molecule has 4 atom stereocenters. The highest BCUT2D eigenvalue weighted by Gasteiger charge is 2.49. The van der Waals surface area contributed by atoms with Gasteiger partial charge in [-0.25, -0.2) is 13.2 Å². The van der Waals surface area contributed by atoms with Gasteiger partial charge in [-0.2, -0.15) is 9.97 Å². The molecule has 0 aliphatic carbocycles. The second kappa shape index (κ2) is 12.5. The Morgan fingerprint density at radius 3 is 2.67 bits per heavy atom. The average molecular weight is 712 g/mol. The monoisotopic (exact) mass is 711 g/mol. The van der Waals surface area contributed by atoms with E-state index in [2.05, 4.69) is 20.6 Å². The molecule has 9 nitrogen and oxygen atoms in total. The second-order valence-corrected chi connectivity index (χ2v) is 14.9. The van der Waals surface area contributed by atoms with E-state index < -0.39 is 23.3 Å². The molecule has 3 aromatic carbocycles. The lowest BCUT2D eigenvalue weighted by Crippen LogP contribution is -2.54.